The third-order valence-electron chi connectivity index (χ3n) is 13.6. The number of nitrogens with zero attached hydrogens (tertiary/aromatic N) is 4. The number of thiophene rings is 2. The molecule has 0 spiro atoms. The van der Waals surface area contributed by atoms with Crippen molar-refractivity contribution >= 4 is 104 Å². The van der Waals surface area contributed by atoms with Gasteiger partial charge in [-0.3, -0.25) is 4.57 Å². The Balaban J connectivity index is 0.988. The van der Waals surface area contributed by atoms with Crippen LogP contribution in [0.25, 0.3) is 104 Å². The van der Waals surface area contributed by atoms with E-state index in [2.05, 4.69) is 173 Å². The Morgan fingerprint density at radius 3 is 2.34 bits per heavy atom. The molecular weight excluding hydrogens is 793 g/mol. The van der Waals surface area contributed by atoms with E-state index in [4.69, 9.17) is 9.97 Å². The first-order chi connectivity index (χ1) is 30.7. The summed E-state index contributed by atoms with van der Waals surface area (Å²) < 4.78 is 7.54. The second kappa shape index (κ2) is 13.3. The number of hydrogen-bond acceptors (Lipinski definition) is 4. The number of rotatable bonds is 4. The van der Waals surface area contributed by atoms with Gasteiger partial charge in [-0.25, -0.2) is 9.97 Å². The van der Waals surface area contributed by atoms with Crippen LogP contribution in [0.15, 0.2) is 152 Å². The summed E-state index contributed by atoms with van der Waals surface area (Å²) in [6.07, 6.45) is 17.5. The van der Waals surface area contributed by atoms with Gasteiger partial charge in [-0.1, -0.05) is 109 Å². The van der Waals surface area contributed by atoms with Gasteiger partial charge >= 0.3 is 0 Å². The fourth-order valence-corrected chi connectivity index (χ4v) is 13.6. The third-order valence-corrected chi connectivity index (χ3v) is 16.2. The highest BCUT2D eigenvalue weighted by atomic mass is 32.1. The summed E-state index contributed by atoms with van der Waals surface area (Å²) in [5, 5.41) is 7.64. The van der Waals surface area contributed by atoms with Crippen molar-refractivity contribution in [2.24, 2.45) is 5.92 Å². The van der Waals surface area contributed by atoms with Crippen molar-refractivity contribution in [2.75, 3.05) is 0 Å². The molecular formula is C56H38N4S2. The molecule has 4 nitrogen and oxygen atoms in total. The van der Waals surface area contributed by atoms with Gasteiger partial charge in [0.2, 0.25) is 5.95 Å². The highest BCUT2D eigenvalue weighted by Gasteiger charge is 2.31. The maximum Gasteiger partial charge on any atom is 0.235 e. The second-order valence-corrected chi connectivity index (χ2v) is 19.2. The van der Waals surface area contributed by atoms with Gasteiger partial charge in [0.15, 0.2) is 0 Å². The summed E-state index contributed by atoms with van der Waals surface area (Å²) in [6.45, 7) is 0. The molecule has 6 heteroatoms. The normalized spacial score (nSPS) is 15.9. The minimum atomic E-state index is 0.288. The van der Waals surface area contributed by atoms with E-state index in [1.54, 1.807) is 0 Å². The minimum Gasteiger partial charge on any atom is -0.309 e. The predicted molar refractivity (Wildman–Crippen MR) is 263 cm³/mol. The molecule has 3 aliphatic rings. The number of aryl methyl sites for hydroxylation is 2. The van der Waals surface area contributed by atoms with Crippen LogP contribution in [0.5, 0.6) is 0 Å². The molecule has 3 aliphatic carbocycles. The zero-order valence-electron chi connectivity index (χ0n) is 33.8. The molecule has 1 unspecified atom stereocenters. The Morgan fingerprint density at radius 1 is 0.597 bits per heavy atom. The van der Waals surface area contributed by atoms with Crippen molar-refractivity contribution in [3.05, 3.63) is 184 Å². The van der Waals surface area contributed by atoms with Gasteiger partial charge in [0.1, 0.15) is 0 Å². The highest BCUT2D eigenvalue weighted by Crippen LogP contribution is 2.49. The van der Waals surface area contributed by atoms with Crippen molar-refractivity contribution in [3.8, 4) is 22.9 Å². The summed E-state index contributed by atoms with van der Waals surface area (Å²) in [7, 11) is 0. The van der Waals surface area contributed by atoms with E-state index in [1.165, 1.54) is 90.6 Å². The molecule has 0 saturated heterocycles. The number of aromatic nitrogens is 4. The molecule has 0 saturated carbocycles. The van der Waals surface area contributed by atoms with Crippen LogP contribution in [-0.4, -0.2) is 19.1 Å². The van der Waals surface area contributed by atoms with Gasteiger partial charge in [0, 0.05) is 63.3 Å². The van der Waals surface area contributed by atoms with E-state index in [9.17, 15) is 0 Å². The largest absolute Gasteiger partial charge is 0.309 e. The first-order valence-corrected chi connectivity index (χ1v) is 23.4. The number of para-hydroxylation sites is 3. The average molecular weight is 831 g/mol. The van der Waals surface area contributed by atoms with Gasteiger partial charge in [-0.05, 0) is 114 Å². The Hall–Kier alpha value is -6.86. The molecule has 0 N–H and O–H groups in total. The molecule has 0 radical (unpaired) electrons. The van der Waals surface area contributed by atoms with Gasteiger partial charge in [0.25, 0.3) is 0 Å². The number of allylic oxidation sites excluding steroid dienone is 4. The molecule has 0 amide bonds. The van der Waals surface area contributed by atoms with Crippen LogP contribution in [0.3, 0.4) is 0 Å². The van der Waals surface area contributed by atoms with E-state index in [-0.39, 0.29) is 5.92 Å². The van der Waals surface area contributed by atoms with E-state index >= 15 is 0 Å². The molecule has 294 valence electrons. The fraction of sp³-hybridized carbons (Fsp3) is 0.107. The van der Waals surface area contributed by atoms with Gasteiger partial charge in [-0.15, -0.1) is 22.7 Å². The van der Waals surface area contributed by atoms with E-state index in [0.717, 1.165) is 60.0 Å². The molecule has 14 rings (SSSR count). The zero-order valence-corrected chi connectivity index (χ0v) is 35.4. The van der Waals surface area contributed by atoms with Crippen LogP contribution < -0.4 is 0 Å². The predicted octanol–water partition coefficient (Wildman–Crippen LogP) is 14.9. The van der Waals surface area contributed by atoms with Crippen molar-refractivity contribution in [3.63, 3.8) is 0 Å². The van der Waals surface area contributed by atoms with Crippen LogP contribution in [0.4, 0.5) is 0 Å². The zero-order chi connectivity index (χ0) is 40.5. The smallest absolute Gasteiger partial charge is 0.235 e. The number of fused-ring (bicyclic) bond motifs is 14. The Kier molecular flexibility index (Phi) is 7.48. The molecule has 11 aromatic rings. The van der Waals surface area contributed by atoms with Crippen LogP contribution >= 0.6 is 22.7 Å². The van der Waals surface area contributed by atoms with Crippen molar-refractivity contribution < 1.29 is 0 Å². The van der Waals surface area contributed by atoms with Crippen molar-refractivity contribution in [2.45, 2.75) is 32.1 Å². The van der Waals surface area contributed by atoms with E-state index in [0.29, 0.717) is 5.95 Å². The highest BCUT2D eigenvalue weighted by molar-refractivity contribution is 7.20. The van der Waals surface area contributed by atoms with Gasteiger partial charge < -0.3 is 4.57 Å². The van der Waals surface area contributed by atoms with E-state index in [1.807, 2.05) is 22.7 Å². The monoisotopic (exact) mass is 830 g/mol. The Labute approximate surface area is 366 Å². The first kappa shape index (κ1) is 34.8. The fourth-order valence-electron chi connectivity index (χ4n) is 10.9. The van der Waals surface area contributed by atoms with E-state index < -0.39 is 0 Å². The maximum atomic E-state index is 5.63. The topological polar surface area (TPSA) is 35.6 Å². The van der Waals surface area contributed by atoms with Crippen molar-refractivity contribution in [1.29, 1.82) is 0 Å². The summed E-state index contributed by atoms with van der Waals surface area (Å²) in [6, 6.07) is 48.5. The lowest BCUT2D eigenvalue weighted by molar-refractivity contribution is 0.800. The van der Waals surface area contributed by atoms with Gasteiger partial charge in [0.05, 0.1) is 33.5 Å². The van der Waals surface area contributed by atoms with Crippen LogP contribution in [-0.2, 0) is 19.3 Å². The van der Waals surface area contributed by atoms with Gasteiger partial charge in [-0.2, -0.15) is 0 Å². The average Bonchev–Trinajstić information content (AvgIpc) is 4.09. The third kappa shape index (κ3) is 4.99. The molecule has 1 atom stereocenters. The molecule has 62 heavy (non-hydrogen) atoms. The molecule has 0 bridgehead atoms. The lowest BCUT2D eigenvalue weighted by atomic mass is 9.81. The molecule has 6 aromatic carbocycles. The Morgan fingerprint density at radius 2 is 1.40 bits per heavy atom. The number of benzene rings is 6. The van der Waals surface area contributed by atoms with Crippen LogP contribution in [0, 0.1) is 5.92 Å². The maximum absolute atomic E-state index is 5.63. The first-order valence-electron chi connectivity index (χ1n) is 21.8. The SMILES string of the molecule is C1=Cc2c(sc3c2ccc2c3c3c(n2-c2nc(-c4ccc5c(c4)c4ccccc4n5-c4ccccc4)c4ccccc4n2)C=CC(C2=CCCc4c2sc2ccccc42)C3)CC1. The lowest BCUT2D eigenvalue weighted by Gasteiger charge is -2.24. The van der Waals surface area contributed by atoms with Crippen LogP contribution in [0.2, 0.25) is 0 Å². The quantitative estimate of drug-likeness (QED) is 0.177. The minimum absolute atomic E-state index is 0.288. The van der Waals surface area contributed by atoms with Crippen molar-refractivity contribution in [1.82, 2.24) is 19.1 Å². The summed E-state index contributed by atoms with van der Waals surface area (Å²) >= 11 is 3.98. The summed E-state index contributed by atoms with van der Waals surface area (Å²) in [5.74, 6) is 1.00. The summed E-state index contributed by atoms with van der Waals surface area (Å²) in [4.78, 5) is 14.0. The Bertz CT molecular complexity index is 3790. The standard InChI is InChI=1S/C56H38N4S2/c1-2-13-35(14-3-1)59-46-22-9-5-15-37(46)43-32-34(26-29-47(43)59)53-42-18-4-8-21-45(42)57-56(58-53)60-48-28-25-33(36-19-12-20-40-38-16-6-10-23-50(38)61-54(36)40)31-44(48)52-49(60)30-27-41-39-17-7-11-24-51(39)62-55(41)52/h1-10,13-19,21-23,25-30,32-33H,11-12,20,24,31H2. The second-order valence-electron chi connectivity index (χ2n) is 17.0. The molecule has 0 fully saturated rings. The molecule has 5 heterocycles. The number of hydrogen-bond donors (Lipinski definition) is 0. The van der Waals surface area contributed by atoms with Crippen LogP contribution in [0.1, 0.15) is 45.0 Å². The molecule has 0 aliphatic heterocycles. The lowest BCUT2D eigenvalue weighted by Crippen LogP contribution is -2.13. The molecule has 5 aromatic heterocycles. The summed E-state index contributed by atoms with van der Waals surface area (Å²) in [5.41, 5.74) is 14.7.